The average molecular weight is 436 g/mol. The number of hydrogen-bond acceptors (Lipinski definition) is 6. The van der Waals surface area contributed by atoms with E-state index in [9.17, 15) is 19.2 Å². The number of piperidine rings is 1. The minimum atomic E-state index is -1.01. The smallest absolute Gasteiger partial charge is 0.303 e. The van der Waals surface area contributed by atoms with Crippen molar-refractivity contribution in [1.29, 1.82) is 0 Å². The first-order chi connectivity index (χ1) is 14.3. The Morgan fingerprint density at radius 1 is 1.37 bits per heavy atom. The second-order valence-corrected chi connectivity index (χ2v) is 8.18. The molecule has 3 amide bonds. The number of carboxylic acids is 1. The zero-order valence-corrected chi connectivity index (χ0v) is 17.7. The van der Waals surface area contributed by atoms with E-state index < -0.39 is 18.1 Å². The molecule has 9 nitrogen and oxygen atoms in total. The van der Waals surface area contributed by atoms with Gasteiger partial charge < -0.3 is 25.4 Å². The van der Waals surface area contributed by atoms with Crippen molar-refractivity contribution < 1.29 is 29.0 Å². The van der Waals surface area contributed by atoms with Crippen LogP contribution in [0.1, 0.15) is 36.0 Å². The van der Waals surface area contributed by atoms with Crippen molar-refractivity contribution in [3.8, 4) is 5.75 Å². The van der Waals surface area contributed by atoms with Crippen molar-refractivity contribution in [2.24, 2.45) is 0 Å². The quantitative estimate of drug-likeness (QED) is 0.543. The molecule has 0 saturated carbocycles. The van der Waals surface area contributed by atoms with Crippen molar-refractivity contribution in [1.82, 2.24) is 15.5 Å². The molecule has 2 fully saturated rings. The van der Waals surface area contributed by atoms with Gasteiger partial charge in [0.1, 0.15) is 17.8 Å². The summed E-state index contributed by atoms with van der Waals surface area (Å²) in [6, 6.07) is 3.60. The lowest BCUT2D eigenvalue weighted by atomic mass is 9.92. The van der Waals surface area contributed by atoms with E-state index >= 15 is 0 Å². The highest BCUT2D eigenvalue weighted by molar-refractivity contribution is 7.98. The summed E-state index contributed by atoms with van der Waals surface area (Å²) in [4.78, 5) is 51.2. The Labute approximate surface area is 178 Å². The normalized spacial score (nSPS) is 23.4. The van der Waals surface area contributed by atoms with Crippen molar-refractivity contribution in [2.75, 3.05) is 19.9 Å². The third-order valence-electron chi connectivity index (χ3n) is 5.44. The van der Waals surface area contributed by atoms with Crippen LogP contribution in [0.2, 0.25) is 0 Å². The van der Waals surface area contributed by atoms with Gasteiger partial charge in [-0.3, -0.25) is 19.2 Å². The summed E-state index contributed by atoms with van der Waals surface area (Å²) >= 11 is 1.55. The summed E-state index contributed by atoms with van der Waals surface area (Å²) in [7, 11) is 1.51. The molecular formula is C20H25N3O6S. The van der Waals surface area contributed by atoms with Gasteiger partial charge in [-0.25, -0.2) is 0 Å². The number of rotatable bonds is 7. The lowest BCUT2D eigenvalue weighted by Gasteiger charge is -2.44. The van der Waals surface area contributed by atoms with Gasteiger partial charge in [-0.15, -0.1) is 11.8 Å². The van der Waals surface area contributed by atoms with Crippen LogP contribution in [0.4, 0.5) is 0 Å². The molecule has 162 valence electrons. The fourth-order valence-electron chi connectivity index (χ4n) is 3.85. The van der Waals surface area contributed by atoms with E-state index in [1.54, 1.807) is 23.9 Å². The number of fused-ring (bicyclic) bond motifs is 1. The number of amides is 3. The number of thioether (sulfide) groups is 1. The second-order valence-electron chi connectivity index (χ2n) is 7.30. The van der Waals surface area contributed by atoms with E-state index in [1.807, 2.05) is 12.3 Å². The Morgan fingerprint density at radius 2 is 2.13 bits per heavy atom. The maximum absolute atomic E-state index is 12.8. The molecule has 30 heavy (non-hydrogen) atoms. The van der Waals surface area contributed by atoms with Gasteiger partial charge in [0.05, 0.1) is 12.7 Å². The summed E-state index contributed by atoms with van der Waals surface area (Å²) in [5, 5.41) is 14.4. The van der Waals surface area contributed by atoms with Crippen LogP contribution in [0.15, 0.2) is 23.1 Å². The van der Waals surface area contributed by atoms with E-state index in [-0.39, 0.29) is 36.6 Å². The molecule has 3 atom stereocenters. The number of carboxylic acid groups (broad SMARTS) is 1. The lowest BCUT2D eigenvalue weighted by molar-refractivity contribution is -0.152. The molecule has 0 spiro atoms. The highest BCUT2D eigenvalue weighted by Crippen LogP contribution is 2.27. The molecular weight excluding hydrogens is 410 g/mol. The molecule has 0 unspecified atom stereocenters. The maximum Gasteiger partial charge on any atom is 0.303 e. The van der Waals surface area contributed by atoms with E-state index in [1.165, 1.54) is 12.0 Å². The molecule has 2 heterocycles. The van der Waals surface area contributed by atoms with Crippen LogP contribution in [0, 0.1) is 0 Å². The summed E-state index contributed by atoms with van der Waals surface area (Å²) < 4.78 is 5.33. The number of benzene rings is 1. The minimum absolute atomic E-state index is 0.0646. The van der Waals surface area contributed by atoms with Crippen molar-refractivity contribution in [3.63, 3.8) is 0 Å². The van der Waals surface area contributed by atoms with E-state index in [2.05, 4.69) is 10.6 Å². The molecule has 0 bridgehead atoms. The van der Waals surface area contributed by atoms with Gasteiger partial charge in [-0.1, -0.05) is 0 Å². The molecule has 3 rings (SSSR count). The van der Waals surface area contributed by atoms with Crippen LogP contribution in [-0.4, -0.2) is 71.7 Å². The standard InChI is InChI=1S/C20H25N3O6S/c1-29-16-10-12(30-2)3-4-13(16)18(26)21-11-7-8-23-15(9-11)19(27)22-14(20(23)28)5-6-17(24)25/h3-4,10-11,14-15H,5-9H2,1-2H3,(H,21,26)(H,22,27)(H,24,25)/t11-,14+,15+/m1/s1. The Hall–Kier alpha value is -2.75. The number of hydrogen-bond donors (Lipinski definition) is 3. The Morgan fingerprint density at radius 3 is 2.80 bits per heavy atom. The predicted molar refractivity (Wildman–Crippen MR) is 110 cm³/mol. The van der Waals surface area contributed by atoms with Crippen LogP contribution in [-0.2, 0) is 14.4 Å². The van der Waals surface area contributed by atoms with Gasteiger partial charge in [-0.05, 0) is 43.7 Å². The number of carbonyl (C=O) groups excluding carboxylic acids is 3. The Bertz CT molecular complexity index is 861. The average Bonchev–Trinajstić information content (AvgIpc) is 2.74. The molecule has 3 N–H and O–H groups in total. The summed E-state index contributed by atoms with van der Waals surface area (Å²) in [6.07, 6.45) is 2.63. The van der Waals surface area contributed by atoms with E-state index in [4.69, 9.17) is 9.84 Å². The van der Waals surface area contributed by atoms with Crippen LogP contribution in [0.25, 0.3) is 0 Å². The molecule has 1 aromatic rings. The fraction of sp³-hybridized carbons (Fsp3) is 0.500. The monoisotopic (exact) mass is 435 g/mol. The second kappa shape index (κ2) is 9.38. The minimum Gasteiger partial charge on any atom is -0.496 e. The molecule has 0 aromatic heterocycles. The number of methoxy groups -OCH3 is 1. The zero-order valence-electron chi connectivity index (χ0n) is 16.8. The van der Waals surface area contributed by atoms with E-state index in [0.29, 0.717) is 30.7 Å². The molecule has 2 aliphatic rings. The summed E-state index contributed by atoms with van der Waals surface area (Å²) in [5.41, 5.74) is 0.413. The van der Waals surface area contributed by atoms with Gasteiger partial charge in [0.15, 0.2) is 0 Å². The Balaban J connectivity index is 1.64. The van der Waals surface area contributed by atoms with Crippen molar-refractivity contribution in [2.45, 2.75) is 48.7 Å². The molecule has 10 heteroatoms. The number of aliphatic carboxylic acids is 1. The van der Waals surface area contributed by atoms with Crippen LogP contribution < -0.4 is 15.4 Å². The SMILES string of the molecule is COc1cc(SC)ccc1C(=O)N[C@@H]1CCN2C(=O)[C@H](CCC(=O)O)NC(=O)[C@@H]2C1. The van der Waals surface area contributed by atoms with Gasteiger partial charge in [0.2, 0.25) is 11.8 Å². The predicted octanol–water partition coefficient (Wildman–Crippen LogP) is 0.870. The number of nitrogens with zero attached hydrogens (tertiary/aromatic N) is 1. The molecule has 2 aliphatic heterocycles. The third-order valence-corrected chi connectivity index (χ3v) is 6.16. The first-order valence-electron chi connectivity index (χ1n) is 9.69. The fourth-order valence-corrected chi connectivity index (χ4v) is 4.28. The topological polar surface area (TPSA) is 125 Å². The molecule has 1 aromatic carbocycles. The first-order valence-corrected chi connectivity index (χ1v) is 10.9. The van der Waals surface area contributed by atoms with Crippen LogP contribution in [0.3, 0.4) is 0 Å². The summed E-state index contributed by atoms with van der Waals surface area (Å²) in [5.74, 6) is -1.41. The zero-order chi connectivity index (χ0) is 21.8. The maximum atomic E-state index is 12.8. The first kappa shape index (κ1) is 21.9. The van der Waals surface area contributed by atoms with Gasteiger partial charge >= 0.3 is 5.97 Å². The largest absolute Gasteiger partial charge is 0.496 e. The molecule has 0 radical (unpaired) electrons. The molecule has 2 saturated heterocycles. The van der Waals surface area contributed by atoms with Crippen molar-refractivity contribution >= 4 is 35.5 Å². The van der Waals surface area contributed by atoms with Crippen LogP contribution >= 0.6 is 11.8 Å². The van der Waals surface area contributed by atoms with E-state index in [0.717, 1.165) is 4.90 Å². The highest BCUT2D eigenvalue weighted by atomic mass is 32.2. The van der Waals surface area contributed by atoms with Crippen LogP contribution in [0.5, 0.6) is 5.75 Å². The van der Waals surface area contributed by atoms with Gasteiger partial charge in [0.25, 0.3) is 5.91 Å². The lowest BCUT2D eigenvalue weighted by Crippen LogP contribution is -2.66. The van der Waals surface area contributed by atoms with Crippen molar-refractivity contribution in [3.05, 3.63) is 23.8 Å². The number of nitrogens with one attached hydrogen (secondary N) is 2. The van der Waals surface area contributed by atoms with Gasteiger partial charge in [0, 0.05) is 23.9 Å². The Kier molecular flexibility index (Phi) is 6.86. The molecule has 0 aliphatic carbocycles. The number of carbonyl (C=O) groups is 4. The number of piperazine rings is 1. The summed E-state index contributed by atoms with van der Waals surface area (Å²) in [6.45, 7) is 0.327. The third kappa shape index (κ3) is 4.69. The van der Waals surface area contributed by atoms with Gasteiger partial charge in [-0.2, -0.15) is 0 Å². The highest BCUT2D eigenvalue weighted by Gasteiger charge is 2.44. The number of ether oxygens (including phenoxy) is 1.